The molecule has 3 rings (SSSR count). The molecule has 138 valence electrons. The van der Waals surface area contributed by atoms with Crippen LogP contribution in [0.3, 0.4) is 0 Å². The van der Waals surface area contributed by atoms with E-state index in [1.54, 1.807) is 0 Å². The first-order valence-corrected chi connectivity index (χ1v) is 10.2. The van der Waals surface area contributed by atoms with Gasteiger partial charge < -0.3 is 10.2 Å². The fourth-order valence-corrected chi connectivity index (χ4v) is 3.37. The number of rotatable bonds is 5. The Bertz CT molecular complexity index is 913. The Kier molecular flexibility index (Phi) is 6.89. The normalized spacial score (nSPS) is 10.5. The van der Waals surface area contributed by atoms with E-state index in [4.69, 9.17) is 23.8 Å². The fraction of sp³-hybridized carbons (Fsp3) is 0.136. The number of thiocarbonyl (C=S) groups is 1. The Morgan fingerprint density at radius 3 is 2.22 bits per heavy atom. The second kappa shape index (κ2) is 9.36. The molecule has 1 N–H and O–H groups in total. The zero-order valence-electron chi connectivity index (χ0n) is 15.0. The standard InChI is InChI=1S/C22H20BrClN2S/c1-16-13-20(11-12-21(16)24)25-22(27)26(14-17-5-3-2-4-6-17)15-18-7-9-19(23)10-8-18/h2-13H,14-15H2,1H3,(H,25,27). The number of aryl methyl sites for hydroxylation is 1. The van der Waals surface area contributed by atoms with Gasteiger partial charge >= 0.3 is 0 Å². The summed E-state index contributed by atoms with van der Waals surface area (Å²) in [6.45, 7) is 3.44. The molecule has 0 saturated carbocycles. The second-order valence-electron chi connectivity index (χ2n) is 6.36. The summed E-state index contributed by atoms with van der Waals surface area (Å²) >= 11 is 15.4. The van der Waals surface area contributed by atoms with Crippen molar-refractivity contribution in [3.63, 3.8) is 0 Å². The summed E-state index contributed by atoms with van der Waals surface area (Å²) in [5.74, 6) is 0. The van der Waals surface area contributed by atoms with Gasteiger partial charge in [0, 0.05) is 28.3 Å². The molecule has 0 aliphatic carbocycles. The maximum absolute atomic E-state index is 6.13. The van der Waals surface area contributed by atoms with E-state index < -0.39 is 0 Å². The number of benzene rings is 3. The summed E-state index contributed by atoms with van der Waals surface area (Å²) in [6, 6.07) is 24.5. The molecular formula is C22H20BrClN2S. The molecule has 0 radical (unpaired) electrons. The molecule has 0 aromatic heterocycles. The van der Waals surface area contributed by atoms with Crippen molar-refractivity contribution in [2.24, 2.45) is 0 Å². The molecule has 27 heavy (non-hydrogen) atoms. The molecule has 0 fully saturated rings. The van der Waals surface area contributed by atoms with Gasteiger partial charge in [0.2, 0.25) is 0 Å². The third kappa shape index (κ3) is 5.80. The van der Waals surface area contributed by atoms with E-state index in [9.17, 15) is 0 Å². The third-order valence-electron chi connectivity index (χ3n) is 4.20. The average molecular weight is 460 g/mol. The van der Waals surface area contributed by atoms with Crippen molar-refractivity contribution < 1.29 is 0 Å². The molecule has 0 heterocycles. The van der Waals surface area contributed by atoms with Crippen LogP contribution in [0.2, 0.25) is 5.02 Å². The molecule has 2 nitrogen and oxygen atoms in total. The molecule has 5 heteroatoms. The van der Waals surface area contributed by atoms with Gasteiger partial charge in [0.05, 0.1) is 0 Å². The van der Waals surface area contributed by atoms with Crippen molar-refractivity contribution in [2.45, 2.75) is 20.0 Å². The molecule has 0 bridgehead atoms. The quantitative estimate of drug-likeness (QED) is 0.422. The molecular weight excluding hydrogens is 440 g/mol. The van der Waals surface area contributed by atoms with Crippen LogP contribution in [0.25, 0.3) is 0 Å². The molecule has 0 saturated heterocycles. The highest BCUT2D eigenvalue weighted by molar-refractivity contribution is 9.10. The van der Waals surface area contributed by atoms with Crippen LogP contribution in [0.15, 0.2) is 77.3 Å². The Labute approximate surface area is 179 Å². The highest BCUT2D eigenvalue weighted by Gasteiger charge is 2.12. The van der Waals surface area contributed by atoms with Gasteiger partial charge in [0.25, 0.3) is 0 Å². The lowest BCUT2D eigenvalue weighted by Gasteiger charge is -2.26. The van der Waals surface area contributed by atoms with Crippen LogP contribution in [-0.2, 0) is 13.1 Å². The van der Waals surface area contributed by atoms with Gasteiger partial charge in [-0.2, -0.15) is 0 Å². The molecule has 0 unspecified atom stereocenters. The zero-order valence-corrected chi connectivity index (χ0v) is 18.1. The van der Waals surface area contributed by atoms with Crippen LogP contribution in [0.5, 0.6) is 0 Å². The van der Waals surface area contributed by atoms with Gasteiger partial charge in [-0.3, -0.25) is 0 Å². The molecule has 0 atom stereocenters. The van der Waals surface area contributed by atoms with Crippen molar-refractivity contribution in [3.8, 4) is 0 Å². The van der Waals surface area contributed by atoms with Crippen LogP contribution >= 0.6 is 39.7 Å². The highest BCUT2D eigenvalue weighted by Crippen LogP contribution is 2.21. The topological polar surface area (TPSA) is 15.3 Å². The fourth-order valence-electron chi connectivity index (χ4n) is 2.74. The van der Waals surface area contributed by atoms with E-state index in [-0.39, 0.29) is 0 Å². The number of hydrogen-bond donors (Lipinski definition) is 1. The summed E-state index contributed by atoms with van der Waals surface area (Å²) in [4.78, 5) is 2.16. The zero-order chi connectivity index (χ0) is 19.2. The molecule has 3 aromatic rings. The summed E-state index contributed by atoms with van der Waals surface area (Å²) in [5, 5.41) is 4.79. The van der Waals surface area contributed by atoms with Gasteiger partial charge in [-0.15, -0.1) is 0 Å². The number of nitrogens with zero attached hydrogens (tertiary/aromatic N) is 1. The Morgan fingerprint density at radius 1 is 0.963 bits per heavy atom. The average Bonchev–Trinajstić information content (AvgIpc) is 2.67. The van der Waals surface area contributed by atoms with E-state index in [0.717, 1.165) is 33.8 Å². The van der Waals surface area contributed by atoms with Gasteiger partial charge in [0.1, 0.15) is 0 Å². The van der Waals surface area contributed by atoms with Crippen LogP contribution in [0.1, 0.15) is 16.7 Å². The lowest BCUT2D eigenvalue weighted by atomic mass is 10.2. The number of nitrogens with one attached hydrogen (secondary N) is 1. The van der Waals surface area contributed by atoms with E-state index in [1.807, 2.05) is 43.3 Å². The van der Waals surface area contributed by atoms with Crippen LogP contribution in [0.4, 0.5) is 5.69 Å². The van der Waals surface area contributed by atoms with E-state index in [1.165, 1.54) is 11.1 Å². The molecule has 3 aromatic carbocycles. The van der Waals surface area contributed by atoms with Crippen molar-refractivity contribution >= 4 is 50.5 Å². The molecule has 0 spiro atoms. The third-order valence-corrected chi connectivity index (χ3v) is 5.51. The van der Waals surface area contributed by atoms with E-state index >= 15 is 0 Å². The first-order valence-electron chi connectivity index (χ1n) is 8.62. The number of hydrogen-bond acceptors (Lipinski definition) is 1. The SMILES string of the molecule is Cc1cc(NC(=S)N(Cc2ccccc2)Cc2ccc(Br)cc2)ccc1Cl. The second-order valence-corrected chi connectivity index (χ2v) is 8.07. The lowest BCUT2D eigenvalue weighted by molar-refractivity contribution is 0.413. The van der Waals surface area contributed by atoms with E-state index in [2.05, 4.69) is 62.5 Å². The summed E-state index contributed by atoms with van der Waals surface area (Å²) in [7, 11) is 0. The van der Waals surface area contributed by atoms with Crippen molar-refractivity contribution in [1.29, 1.82) is 0 Å². The maximum atomic E-state index is 6.13. The first-order chi connectivity index (χ1) is 13.0. The van der Waals surface area contributed by atoms with Crippen molar-refractivity contribution in [2.75, 3.05) is 5.32 Å². The van der Waals surface area contributed by atoms with Crippen LogP contribution < -0.4 is 5.32 Å². The van der Waals surface area contributed by atoms with Gasteiger partial charge in [0.15, 0.2) is 5.11 Å². The highest BCUT2D eigenvalue weighted by atomic mass is 79.9. The van der Waals surface area contributed by atoms with Gasteiger partial charge in [-0.05, 0) is 66.2 Å². The molecule has 0 amide bonds. The Balaban J connectivity index is 1.79. The van der Waals surface area contributed by atoms with Crippen LogP contribution in [-0.4, -0.2) is 10.0 Å². The lowest BCUT2D eigenvalue weighted by Crippen LogP contribution is -2.33. The maximum Gasteiger partial charge on any atom is 0.174 e. The number of halogens is 2. The van der Waals surface area contributed by atoms with Gasteiger partial charge in [-0.25, -0.2) is 0 Å². The minimum atomic E-state index is 0.684. The summed E-state index contributed by atoms with van der Waals surface area (Å²) < 4.78 is 1.07. The van der Waals surface area contributed by atoms with Crippen molar-refractivity contribution in [1.82, 2.24) is 4.90 Å². The summed E-state index contributed by atoms with van der Waals surface area (Å²) in [5.41, 5.74) is 4.37. The number of anilines is 1. The molecule has 0 aliphatic heterocycles. The minimum absolute atomic E-state index is 0.684. The van der Waals surface area contributed by atoms with Gasteiger partial charge in [-0.1, -0.05) is 70.0 Å². The largest absolute Gasteiger partial charge is 0.340 e. The first kappa shape index (κ1) is 19.9. The van der Waals surface area contributed by atoms with Crippen LogP contribution in [0, 0.1) is 6.92 Å². The molecule has 0 aliphatic rings. The van der Waals surface area contributed by atoms with E-state index in [0.29, 0.717) is 5.11 Å². The monoisotopic (exact) mass is 458 g/mol. The van der Waals surface area contributed by atoms with Crippen molar-refractivity contribution in [3.05, 3.63) is 99.0 Å². The smallest absolute Gasteiger partial charge is 0.174 e. The predicted molar refractivity (Wildman–Crippen MR) is 122 cm³/mol. The Hall–Kier alpha value is -1.88. The Morgan fingerprint density at radius 2 is 1.59 bits per heavy atom. The predicted octanol–water partition coefficient (Wildman–Crippen LogP) is 6.81. The minimum Gasteiger partial charge on any atom is -0.340 e. The summed E-state index contributed by atoms with van der Waals surface area (Å²) in [6.07, 6.45) is 0.